The Labute approximate surface area is 124 Å². The molecule has 0 radical (unpaired) electrons. The molecule has 0 bridgehead atoms. The van der Waals surface area contributed by atoms with Crippen molar-refractivity contribution in [2.45, 2.75) is 44.7 Å². The van der Waals surface area contributed by atoms with E-state index < -0.39 is 28.0 Å². The second-order valence-corrected chi connectivity index (χ2v) is 7.90. The minimum Gasteiger partial charge on any atom is -0.242 e. The average Bonchev–Trinajstić information content (AvgIpc) is 2.23. The van der Waals surface area contributed by atoms with E-state index in [0.717, 1.165) is 5.56 Å². The zero-order chi connectivity index (χ0) is 15.7. The molecule has 0 aliphatic heterocycles. The van der Waals surface area contributed by atoms with Crippen LogP contribution >= 0.6 is 11.6 Å². The molecule has 1 N–H and O–H groups in total. The van der Waals surface area contributed by atoms with E-state index in [1.165, 1.54) is 12.1 Å². The lowest BCUT2D eigenvalue weighted by atomic mass is 10.1. The molecule has 0 aliphatic rings. The van der Waals surface area contributed by atoms with Crippen molar-refractivity contribution in [3.05, 3.63) is 34.3 Å². The first-order chi connectivity index (χ1) is 8.93. The molecule has 2 atom stereocenters. The molecule has 1 aromatic rings. The molecule has 2 nitrogen and oxygen atoms in total. The zero-order valence-electron chi connectivity index (χ0n) is 11.6. The summed E-state index contributed by atoms with van der Waals surface area (Å²) < 4.78 is 52.8. The van der Waals surface area contributed by atoms with Crippen LogP contribution in [-0.4, -0.2) is 15.1 Å². The summed E-state index contributed by atoms with van der Waals surface area (Å²) in [5, 5.41) is 0.00531. The van der Waals surface area contributed by atoms with Gasteiger partial charge < -0.3 is 0 Å². The molecule has 1 rings (SSSR count). The summed E-state index contributed by atoms with van der Waals surface area (Å²) in [4.78, 5) is 0. The number of aryl methyl sites for hydroxylation is 1. The van der Waals surface area contributed by atoms with Crippen LogP contribution in [0.4, 0.5) is 13.2 Å². The molecule has 0 unspecified atom stereocenters. The van der Waals surface area contributed by atoms with Crippen molar-refractivity contribution in [2.75, 3.05) is 0 Å². The predicted octanol–water partition coefficient (Wildman–Crippen LogP) is 4.30. The van der Waals surface area contributed by atoms with Gasteiger partial charge in [-0.25, -0.2) is 8.93 Å². The van der Waals surface area contributed by atoms with E-state index in [2.05, 4.69) is 4.72 Å². The Kier molecular flexibility index (Phi) is 5.27. The number of halogens is 4. The minimum atomic E-state index is -4.58. The third kappa shape index (κ3) is 4.46. The smallest absolute Gasteiger partial charge is 0.242 e. The molecule has 0 spiro atoms. The van der Waals surface area contributed by atoms with Crippen molar-refractivity contribution in [3.63, 3.8) is 0 Å². The van der Waals surface area contributed by atoms with Gasteiger partial charge in [-0.1, -0.05) is 23.7 Å². The van der Waals surface area contributed by atoms with Crippen molar-refractivity contribution in [1.29, 1.82) is 0 Å². The fourth-order valence-corrected chi connectivity index (χ4v) is 2.63. The van der Waals surface area contributed by atoms with E-state index in [0.29, 0.717) is 0 Å². The van der Waals surface area contributed by atoms with Gasteiger partial charge >= 0.3 is 6.18 Å². The van der Waals surface area contributed by atoms with Crippen LogP contribution in [0.2, 0.25) is 5.02 Å². The molecule has 114 valence electrons. The molecule has 0 fully saturated rings. The molecular formula is C13H17ClF3NOS. The van der Waals surface area contributed by atoms with Crippen molar-refractivity contribution < 1.29 is 17.4 Å². The fourth-order valence-electron chi connectivity index (χ4n) is 1.46. The number of rotatable bonds is 3. The third-order valence-corrected chi connectivity index (χ3v) is 4.46. The van der Waals surface area contributed by atoms with Crippen molar-refractivity contribution in [1.82, 2.24) is 4.72 Å². The topological polar surface area (TPSA) is 29.1 Å². The lowest BCUT2D eigenvalue weighted by Gasteiger charge is -2.26. The van der Waals surface area contributed by atoms with Gasteiger partial charge in [0.25, 0.3) is 0 Å². The van der Waals surface area contributed by atoms with Gasteiger partial charge in [0.05, 0.1) is 15.7 Å². The quantitative estimate of drug-likeness (QED) is 0.881. The molecule has 20 heavy (non-hydrogen) atoms. The van der Waals surface area contributed by atoms with Gasteiger partial charge in [0.2, 0.25) is 0 Å². The Morgan fingerprint density at radius 2 is 1.80 bits per heavy atom. The Morgan fingerprint density at radius 1 is 1.25 bits per heavy atom. The van der Waals surface area contributed by atoms with E-state index in [1.807, 2.05) is 0 Å². The van der Waals surface area contributed by atoms with Crippen LogP contribution in [0.5, 0.6) is 0 Å². The average molecular weight is 328 g/mol. The molecule has 0 heterocycles. The van der Waals surface area contributed by atoms with E-state index in [9.17, 15) is 17.4 Å². The first-order valence-electron chi connectivity index (χ1n) is 5.93. The van der Waals surface area contributed by atoms with Crippen molar-refractivity contribution in [3.8, 4) is 0 Å². The SMILES string of the molecule is Cc1ccc([C@@H](N[S@@](=O)C(C)(C)C)C(F)(F)F)c(Cl)c1. The van der Waals surface area contributed by atoms with Crippen LogP contribution in [0.3, 0.4) is 0 Å². The predicted molar refractivity (Wildman–Crippen MR) is 76.0 cm³/mol. The van der Waals surface area contributed by atoms with Gasteiger partial charge in [-0.3, -0.25) is 0 Å². The van der Waals surface area contributed by atoms with E-state index >= 15 is 0 Å². The zero-order valence-corrected chi connectivity index (χ0v) is 13.2. The normalized spacial score (nSPS) is 16.0. The minimum absolute atomic E-state index is 0.00531. The molecule has 0 saturated carbocycles. The molecule has 7 heteroatoms. The fraction of sp³-hybridized carbons (Fsp3) is 0.538. The highest BCUT2D eigenvalue weighted by Gasteiger charge is 2.43. The first kappa shape index (κ1) is 17.5. The number of hydrogen-bond acceptors (Lipinski definition) is 1. The largest absolute Gasteiger partial charge is 0.408 e. The highest BCUT2D eigenvalue weighted by molar-refractivity contribution is 7.84. The Bertz CT molecular complexity index is 511. The van der Waals surface area contributed by atoms with Gasteiger partial charge in [0.1, 0.15) is 6.04 Å². The second kappa shape index (κ2) is 6.03. The molecular weight excluding hydrogens is 311 g/mol. The van der Waals surface area contributed by atoms with Crippen LogP contribution in [0.1, 0.15) is 37.9 Å². The summed E-state index contributed by atoms with van der Waals surface area (Å²) >= 11 is 5.89. The van der Waals surface area contributed by atoms with Gasteiger partial charge in [0.15, 0.2) is 0 Å². The maximum atomic E-state index is 13.2. The Balaban J connectivity index is 3.18. The number of nitrogens with one attached hydrogen (secondary N) is 1. The van der Waals surface area contributed by atoms with Crippen LogP contribution in [0, 0.1) is 6.92 Å². The second-order valence-electron chi connectivity index (χ2n) is 5.50. The summed E-state index contributed by atoms with van der Waals surface area (Å²) in [6.45, 7) is 6.53. The van der Waals surface area contributed by atoms with Gasteiger partial charge in [0, 0.05) is 5.02 Å². The van der Waals surface area contributed by atoms with Crippen LogP contribution in [0.25, 0.3) is 0 Å². The number of benzene rings is 1. The van der Waals surface area contributed by atoms with Gasteiger partial charge in [-0.05, 0) is 44.9 Å². The summed E-state index contributed by atoms with van der Waals surface area (Å²) in [6.07, 6.45) is -4.58. The van der Waals surface area contributed by atoms with Crippen LogP contribution in [-0.2, 0) is 11.0 Å². The number of hydrogen-bond donors (Lipinski definition) is 1. The maximum Gasteiger partial charge on any atom is 0.408 e. The van der Waals surface area contributed by atoms with Gasteiger partial charge in [-0.15, -0.1) is 0 Å². The number of alkyl halides is 3. The Morgan fingerprint density at radius 3 is 2.20 bits per heavy atom. The highest BCUT2D eigenvalue weighted by Crippen LogP contribution is 2.37. The summed E-state index contributed by atoms with van der Waals surface area (Å²) in [5.41, 5.74) is 0.638. The lowest BCUT2D eigenvalue weighted by molar-refractivity contribution is -0.152. The van der Waals surface area contributed by atoms with E-state index in [-0.39, 0.29) is 10.6 Å². The molecule has 0 saturated heterocycles. The first-order valence-corrected chi connectivity index (χ1v) is 7.46. The summed E-state index contributed by atoms with van der Waals surface area (Å²) in [5.74, 6) is 0. The van der Waals surface area contributed by atoms with Crippen LogP contribution < -0.4 is 4.72 Å². The van der Waals surface area contributed by atoms with E-state index in [1.54, 1.807) is 33.8 Å². The lowest BCUT2D eigenvalue weighted by Crippen LogP contribution is -2.41. The van der Waals surface area contributed by atoms with Gasteiger partial charge in [-0.2, -0.15) is 13.2 Å². The van der Waals surface area contributed by atoms with Crippen molar-refractivity contribution in [2.24, 2.45) is 0 Å². The van der Waals surface area contributed by atoms with E-state index in [4.69, 9.17) is 11.6 Å². The van der Waals surface area contributed by atoms with Crippen molar-refractivity contribution >= 4 is 22.6 Å². The third-order valence-electron chi connectivity index (χ3n) is 2.58. The maximum absolute atomic E-state index is 13.2. The summed E-state index contributed by atoms with van der Waals surface area (Å²) in [6, 6.07) is 2.25. The molecule has 0 aliphatic carbocycles. The molecule has 1 aromatic carbocycles. The Hall–Kier alpha value is -0.590. The monoisotopic (exact) mass is 327 g/mol. The van der Waals surface area contributed by atoms with Crippen LogP contribution in [0.15, 0.2) is 18.2 Å². The molecule has 0 amide bonds. The highest BCUT2D eigenvalue weighted by atomic mass is 35.5. The summed E-state index contributed by atoms with van der Waals surface area (Å²) in [7, 11) is -1.86. The molecule has 0 aromatic heterocycles. The standard InChI is InChI=1S/C13H17ClF3NOS/c1-8-5-6-9(10(14)7-8)11(13(15,16)17)18-20(19)12(2,3)4/h5-7,11,18H,1-4H3/t11-,20+/m1/s1.